The van der Waals surface area contributed by atoms with Gasteiger partial charge in [0.05, 0.1) is 5.69 Å². The molecule has 0 fully saturated rings. The molecule has 1 atom stereocenters. The Morgan fingerprint density at radius 2 is 2.56 bits per heavy atom. The zero-order valence-electron chi connectivity index (χ0n) is 4.97. The molecule has 9 heavy (non-hydrogen) atoms. The zero-order valence-corrected chi connectivity index (χ0v) is 7.37. The fourth-order valence-corrected chi connectivity index (χ4v) is 1.60. The van der Waals surface area contributed by atoms with E-state index in [1.807, 2.05) is 12.3 Å². The minimum absolute atomic E-state index is 0.0487. The van der Waals surface area contributed by atoms with E-state index in [2.05, 4.69) is 20.9 Å². The van der Waals surface area contributed by atoms with Crippen LogP contribution < -0.4 is 5.73 Å². The summed E-state index contributed by atoms with van der Waals surface area (Å²) in [5.41, 5.74) is 6.50. The van der Waals surface area contributed by atoms with Gasteiger partial charge in [-0.15, -0.1) is 11.3 Å². The smallest absolute Gasteiger partial charge is 0.159 e. The normalized spacial score (nSPS) is 13.7. The van der Waals surface area contributed by atoms with Gasteiger partial charge in [0.1, 0.15) is 0 Å². The highest BCUT2D eigenvalue weighted by Crippen LogP contribution is 2.18. The average Bonchev–Trinajstić information content (AvgIpc) is 2.14. The number of rotatable bonds is 1. The average molecular weight is 207 g/mol. The second-order valence-corrected chi connectivity index (χ2v) is 3.95. The molecule has 0 aliphatic carbocycles. The molecule has 1 rings (SSSR count). The molecule has 0 spiro atoms. The van der Waals surface area contributed by atoms with E-state index in [-0.39, 0.29) is 6.04 Å². The first-order chi connectivity index (χ1) is 4.20. The number of thiazole rings is 1. The second-order valence-electron chi connectivity index (χ2n) is 1.81. The number of nitrogens with two attached hydrogens (primary N) is 1. The van der Waals surface area contributed by atoms with Crippen molar-refractivity contribution >= 4 is 27.3 Å². The molecule has 0 aliphatic rings. The summed E-state index contributed by atoms with van der Waals surface area (Å²) in [6.45, 7) is 1.92. The van der Waals surface area contributed by atoms with E-state index in [9.17, 15) is 0 Å². The van der Waals surface area contributed by atoms with Gasteiger partial charge in [0, 0.05) is 11.4 Å². The summed E-state index contributed by atoms with van der Waals surface area (Å²) in [6.07, 6.45) is 0. The first-order valence-electron chi connectivity index (χ1n) is 2.56. The van der Waals surface area contributed by atoms with E-state index in [1.54, 1.807) is 11.3 Å². The van der Waals surface area contributed by atoms with E-state index >= 15 is 0 Å². The van der Waals surface area contributed by atoms with Gasteiger partial charge in [0.2, 0.25) is 0 Å². The van der Waals surface area contributed by atoms with E-state index in [1.165, 1.54) is 0 Å². The molecule has 0 unspecified atom stereocenters. The van der Waals surface area contributed by atoms with Crippen LogP contribution in [0.15, 0.2) is 9.30 Å². The second kappa shape index (κ2) is 2.77. The molecular weight excluding hydrogens is 200 g/mol. The minimum Gasteiger partial charge on any atom is -0.323 e. The van der Waals surface area contributed by atoms with Crippen molar-refractivity contribution in [3.63, 3.8) is 0 Å². The molecule has 50 valence electrons. The highest BCUT2D eigenvalue weighted by Gasteiger charge is 2.01. The van der Waals surface area contributed by atoms with Crippen molar-refractivity contribution in [2.24, 2.45) is 5.73 Å². The molecule has 0 radical (unpaired) electrons. The Morgan fingerprint density at radius 3 is 2.78 bits per heavy atom. The number of aromatic nitrogens is 1. The van der Waals surface area contributed by atoms with Gasteiger partial charge in [-0.05, 0) is 22.9 Å². The summed E-state index contributed by atoms with van der Waals surface area (Å²) in [5, 5.41) is 1.95. The topological polar surface area (TPSA) is 38.9 Å². The molecule has 4 heteroatoms. The first kappa shape index (κ1) is 7.18. The molecule has 0 aliphatic heterocycles. The summed E-state index contributed by atoms with van der Waals surface area (Å²) >= 11 is 4.81. The number of halogens is 1. The van der Waals surface area contributed by atoms with Crippen molar-refractivity contribution in [1.29, 1.82) is 0 Å². The molecule has 2 nitrogen and oxygen atoms in total. The van der Waals surface area contributed by atoms with Crippen molar-refractivity contribution in [2.45, 2.75) is 13.0 Å². The highest BCUT2D eigenvalue weighted by molar-refractivity contribution is 9.11. The monoisotopic (exact) mass is 206 g/mol. The fourth-order valence-electron chi connectivity index (χ4n) is 0.472. The Bertz CT molecular complexity index is 197. The van der Waals surface area contributed by atoms with Crippen LogP contribution in [-0.2, 0) is 0 Å². The number of hydrogen-bond acceptors (Lipinski definition) is 3. The van der Waals surface area contributed by atoms with Gasteiger partial charge >= 0.3 is 0 Å². The lowest BCUT2D eigenvalue weighted by atomic mass is 10.3. The highest BCUT2D eigenvalue weighted by atomic mass is 79.9. The van der Waals surface area contributed by atoms with E-state index in [4.69, 9.17) is 5.73 Å². The third kappa shape index (κ3) is 1.74. The van der Waals surface area contributed by atoms with Gasteiger partial charge in [-0.3, -0.25) is 0 Å². The Balaban J connectivity index is 2.85. The van der Waals surface area contributed by atoms with Gasteiger partial charge in [-0.2, -0.15) is 0 Å². The van der Waals surface area contributed by atoms with E-state index in [0.717, 1.165) is 9.61 Å². The first-order valence-corrected chi connectivity index (χ1v) is 4.24. The maximum atomic E-state index is 5.55. The lowest BCUT2D eigenvalue weighted by Crippen LogP contribution is -2.04. The lowest BCUT2D eigenvalue weighted by Gasteiger charge is -1.95. The van der Waals surface area contributed by atoms with E-state index in [0.29, 0.717) is 0 Å². The Hall–Kier alpha value is 0.0700. The van der Waals surface area contributed by atoms with Crippen molar-refractivity contribution in [3.8, 4) is 0 Å². The number of nitrogens with zero attached hydrogens (tertiary/aromatic N) is 1. The quantitative estimate of drug-likeness (QED) is 0.764. The minimum atomic E-state index is 0.0487. The maximum absolute atomic E-state index is 5.55. The Morgan fingerprint density at radius 1 is 1.89 bits per heavy atom. The summed E-state index contributed by atoms with van der Waals surface area (Å²) < 4.78 is 0.898. The van der Waals surface area contributed by atoms with Crippen LogP contribution in [0.5, 0.6) is 0 Å². The predicted molar refractivity (Wildman–Crippen MR) is 42.4 cm³/mol. The van der Waals surface area contributed by atoms with Gasteiger partial charge < -0.3 is 5.73 Å². The van der Waals surface area contributed by atoms with Crippen LogP contribution in [0.3, 0.4) is 0 Å². The molecule has 1 heterocycles. The van der Waals surface area contributed by atoms with Crippen LogP contribution in [0.1, 0.15) is 18.7 Å². The molecule has 2 N–H and O–H groups in total. The molecule has 0 aromatic carbocycles. The largest absolute Gasteiger partial charge is 0.323 e. The zero-order chi connectivity index (χ0) is 6.85. The van der Waals surface area contributed by atoms with Crippen LogP contribution in [0.2, 0.25) is 0 Å². The molecule has 1 aromatic rings. The van der Waals surface area contributed by atoms with Crippen LogP contribution in [0.25, 0.3) is 0 Å². The van der Waals surface area contributed by atoms with Crippen LogP contribution in [-0.4, -0.2) is 4.98 Å². The Kier molecular flexibility index (Phi) is 2.21. The summed E-state index contributed by atoms with van der Waals surface area (Å²) in [4.78, 5) is 4.12. The van der Waals surface area contributed by atoms with Gasteiger partial charge in [0.15, 0.2) is 3.92 Å². The molecule has 0 saturated carbocycles. The van der Waals surface area contributed by atoms with Gasteiger partial charge in [-0.1, -0.05) is 0 Å². The van der Waals surface area contributed by atoms with Crippen molar-refractivity contribution < 1.29 is 0 Å². The summed E-state index contributed by atoms with van der Waals surface area (Å²) in [5.74, 6) is 0. The van der Waals surface area contributed by atoms with Crippen LogP contribution >= 0.6 is 27.3 Å². The third-order valence-corrected chi connectivity index (χ3v) is 2.34. The van der Waals surface area contributed by atoms with Crippen LogP contribution in [0.4, 0.5) is 0 Å². The lowest BCUT2D eigenvalue weighted by molar-refractivity contribution is 0.787. The van der Waals surface area contributed by atoms with Gasteiger partial charge in [-0.25, -0.2) is 4.98 Å². The van der Waals surface area contributed by atoms with E-state index < -0.39 is 0 Å². The number of hydrogen-bond donors (Lipinski definition) is 1. The Labute approximate surface area is 66.2 Å². The van der Waals surface area contributed by atoms with Gasteiger partial charge in [0.25, 0.3) is 0 Å². The summed E-state index contributed by atoms with van der Waals surface area (Å²) in [7, 11) is 0. The van der Waals surface area contributed by atoms with Crippen molar-refractivity contribution in [1.82, 2.24) is 4.98 Å². The molecule has 0 amide bonds. The van der Waals surface area contributed by atoms with Crippen molar-refractivity contribution in [2.75, 3.05) is 0 Å². The van der Waals surface area contributed by atoms with Crippen LogP contribution in [0, 0.1) is 0 Å². The maximum Gasteiger partial charge on any atom is 0.159 e. The summed E-state index contributed by atoms with van der Waals surface area (Å²) in [6, 6.07) is 0.0487. The fraction of sp³-hybridized carbons (Fsp3) is 0.400. The standard InChI is InChI=1S/C5H7BrN2S/c1-3(7)4-2-9-5(6)8-4/h2-3H,7H2,1H3/t3-/m1/s1. The molecule has 0 bridgehead atoms. The third-order valence-electron chi connectivity index (χ3n) is 0.960. The molecule has 1 aromatic heterocycles. The SMILES string of the molecule is C[C@@H](N)c1csc(Br)n1. The molecular formula is C5H7BrN2S. The predicted octanol–water partition coefficient (Wildman–Crippen LogP) is 1.93. The van der Waals surface area contributed by atoms with Crippen molar-refractivity contribution in [3.05, 3.63) is 15.0 Å². The molecule has 0 saturated heterocycles.